The van der Waals surface area contributed by atoms with Gasteiger partial charge in [-0.2, -0.15) is 0 Å². The molecule has 1 unspecified atom stereocenters. The molecule has 0 aromatic carbocycles. The molecule has 0 aliphatic carbocycles. The highest BCUT2D eigenvalue weighted by Gasteiger charge is 2.10. The molecule has 1 atom stereocenters. The molecule has 0 radical (unpaired) electrons. The van der Waals surface area contributed by atoms with Gasteiger partial charge in [0.2, 0.25) is 0 Å². The lowest BCUT2D eigenvalue weighted by Crippen LogP contribution is -2.34. The third-order valence-corrected chi connectivity index (χ3v) is 2.20. The highest BCUT2D eigenvalue weighted by Crippen LogP contribution is 2.02. The summed E-state index contributed by atoms with van der Waals surface area (Å²) in [6.45, 7) is 9.76. The van der Waals surface area contributed by atoms with E-state index in [1.165, 1.54) is 0 Å². The minimum absolute atomic E-state index is 0.0817. The molecule has 0 amide bonds. The lowest BCUT2D eigenvalue weighted by atomic mass is 10.1. The number of rotatable bonds is 8. The predicted molar refractivity (Wildman–Crippen MR) is 62.8 cm³/mol. The van der Waals surface area contributed by atoms with E-state index in [-0.39, 0.29) is 5.97 Å². The fourth-order valence-electron chi connectivity index (χ4n) is 1.26. The normalized spacial score (nSPS) is 12.9. The molecule has 90 valence electrons. The monoisotopic (exact) mass is 215 g/mol. The van der Waals surface area contributed by atoms with E-state index in [4.69, 9.17) is 4.74 Å². The van der Waals surface area contributed by atoms with Gasteiger partial charge in [-0.25, -0.2) is 0 Å². The van der Waals surface area contributed by atoms with E-state index >= 15 is 0 Å². The van der Waals surface area contributed by atoms with Gasteiger partial charge in [-0.15, -0.1) is 0 Å². The maximum absolute atomic E-state index is 11.3. The van der Waals surface area contributed by atoms with Gasteiger partial charge in [-0.3, -0.25) is 4.79 Å². The SMILES string of the molecule is CCCNC(CC)COC(=O)CC(C)C. The second-order valence-corrected chi connectivity index (χ2v) is 4.34. The van der Waals surface area contributed by atoms with Crippen LogP contribution in [-0.2, 0) is 9.53 Å². The van der Waals surface area contributed by atoms with Gasteiger partial charge in [0.25, 0.3) is 0 Å². The van der Waals surface area contributed by atoms with E-state index in [2.05, 4.69) is 19.2 Å². The number of nitrogens with one attached hydrogen (secondary N) is 1. The lowest BCUT2D eigenvalue weighted by Gasteiger charge is -2.16. The van der Waals surface area contributed by atoms with Crippen LogP contribution in [0.4, 0.5) is 0 Å². The smallest absolute Gasteiger partial charge is 0.306 e. The molecule has 3 nitrogen and oxygen atoms in total. The van der Waals surface area contributed by atoms with Crippen molar-refractivity contribution in [3.8, 4) is 0 Å². The average molecular weight is 215 g/mol. The summed E-state index contributed by atoms with van der Waals surface area (Å²) in [7, 11) is 0. The van der Waals surface area contributed by atoms with Crippen molar-refractivity contribution in [1.82, 2.24) is 5.32 Å². The molecular formula is C12H25NO2. The van der Waals surface area contributed by atoms with Crippen molar-refractivity contribution in [1.29, 1.82) is 0 Å². The highest BCUT2D eigenvalue weighted by molar-refractivity contribution is 5.69. The van der Waals surface area contributed by atoms with Gasteiger partial charge < -0.3 is 10.1 Å². The van der Waals surface area contributed by atoms with Gasteiger partial charge in [0, 0.05) is 12.5 Å². The van der Waals surface area contributed by atoms with Crippen molar-refractivity contribution < 1.29 is 9.53 Å². The van der Waals surface area contributed by atoms with Crippen LogP contribution in [0.1, 0.15) is 47.0 Å². The minimum Gasteiger partial charge on any atom is -0.464 e. The van der Waals surface area contributed by atoms with Crippen molar-refractivity contribution in [2.75, 3.05) is 13.2 Å². The van der Waals surface area contributed by atoms with Crippen LogP contribution in [0.15, 0.2) is 0 Å². The predicted octanol–water partition coefficient (Wildman–Crippen LogP) is 2.35. The summed E-state index contributed by atoms with van der Waals surface area (Å²) in [6, 6.07) is 0.307. The molecule has 0 saturated heterocycles. The number of hydrogen-bond donors (Lipinski definition) is 1. The van der Waals surface area contributed by atoms with E-state index < -0.39 is 0 Å². The Balaban J connectivity index is 3.65. The molecule has 1 N–H and O–H groups in total. The number of hydrogen-bond acceptors (Lipinski definition) is 3. The molecule has 0 fully saturated rings. The zero-order chi connectivity index (χ0) is 11.7. The molecule has 0 aliphatic rings. The van der Waals surface area contributed by atoms with Crippen LogP contribution in [0.5, 0.6) is 0 Å². The van der Waals surface area contributed by atoms with Gasteiger partial charge >= 0.3 is 5.97 Å². The van der Waals surface area contributed by atoms with Crippen molar-refractivity contribution in [2.24, 2.45) is 5.92 Å². The number of ether oxygens (including phenoxy) is 1. The van der Waals surface area contributed by atoms with Crippen LogP contribution in [0.2, 0.25) is 0 Å². The van der Waals surface area contributed by atoms with E-state index in [9.17, 15) is 4.79 Å². The Morgan fingerprint density at radius 3 is 2.47 bits per heavy atom. The largest absolute Gasteiger partial charge is 0.464 e. The quantitative estimate of drug-likeness (QED) is 0.632. The molecule has 0 spiro atoms. The van der Waals surface area contributed by atoms with Crippen LogP contribution in [0, 0.1) is 5.92 Å². The van der Waals surface area contributed by atoms with Crippen LogP contribution >= 0.6 is 0 Å². The van der Waals surface area contributed by atoms with Crippen molar-refractivity contribution >= 4 is 5.97 Å². The number of carbonyl (C=O) groups is 1. The third kappa shape index (κ3) is 8.43. The molecule has 0 rings (SSSR count). The van der Waals surface area contributed by atoms with Crippen molar-refractivity contribution in [3.05, 3.63) is 0 Å². The first-order valence-corrected chi connectivity index (χ1v) is 5.99. The summed E-state index contributed by atoms with van der Waals surface area (Å²) in [5.74, 6) is 0.294. The maximum atomic E-state index is 11.3. The molecule has 0 bridgehead atoms. The molecule has 0 aliphatic heterocycles. The van der Waals surface area contributed by atoms with Crippen LogP contribution in [-0.4, -0.2) is 25.2 Å². The Morgan fingerprint density at radius 1 is 1.33 bits per heavy atom. The average Bonchev–Trinajstić information content (AvgIpc) is 2.17. The molecule has 0 saturated carbocycles. The zero-order valence-electron chi connectivity index (χ0n) is 10.5. The van der Waals surface area contributed by atoms with Gasteiger partial charge in [0.1, 0.15) is 6.61 Å². The van der Waals surface area contributed by atoms with Crippen LogP contribution < -0.4 is 5.32 Å². The molecule has 0 aromatic heterocycles. The molecule has 3 heteroatoms. The number of esters is 1. The highest BCUT2D eigenvalue weighted by atomic mass is 16.5. The van der Waals surface area contributed by atoms with E-state index in [1.54, 1.807) is 0 Å². The second kappa shape index (κ2) is 8.72. The van der Waals surface area contributed by atoms with Gasteiger partial charge in [-0.05, 0) is 25.3 Å². The van der Waals surface area contributed by atoms with E-state index in [0.29, 0.717) is 25.0 Å². The summed E-state index contributed by atoms with van der Waals surface area (Å²) in [6.07, 6.45) is 2.62. The molecule has 15 heavy (non-hydrogen) atoms. The first kappa shape index (κ1) is 14.4. The summed E-state index contributed by atoms with van der Waals surface area (Å²) < 4.78 is 5.20. The first-order chi connectivity index (χ1) is 7.10. The van der Waals surface area contributed by atoms with Crippen molar-refractivity contribution in [2.45, 2.75) is 53.0 Å². The Hall–Kier alpha value is -0.570. The van der Waals surface area contributed by atoms with Gasteiger partial charge in [0.15, 0.2) is 0 Å². The lowest BCUT2D eigenvalue weighted by molar-refractivity contribution is -0.145. The Labute approximate surface area is 93.6 Å². The third-order valence-electron chi connectivity index (χ3n) is 2.20. The summed E-state index contributed by atoms with van der Waals surface area (Å²) in [5, 5.41) is 3.35. The first-order valence-electron chi connectivity index (χ1n) is 5.99. The van der Waals surface area contributed by atoms with Gasteiger partial charge in [-0.1, -0.05) is 27.7 Å². The fraction of sp³-hybridized carbons (Fsp3) is 0.917. The standard InChI is InChI=1S/C12H25NO2/c1-5-7-13-11(6-2)9-15-12(14)8-10(3)4/h10-11,13H,5-9H2,1-4H3. The molecule has 0 aromatic rings. The Morgan fingerprint density at radius 2 is 2.00 bits per heavy atom. The second-order valence-electron chi connectivity index (χ2n) is 4.34. The summed E-state index contributed by atoms with van der Waals surface area (Å²) in [4.78, 5) is 11.3. The minimum atomic E-state index is -0.0817. The van der Waals surface area contributed by atoms with Crippen LogP contribution in [0.3, 0.4) is 0 Å². The van der Waals surface area contributed by atoms with Gasteiger partial charge in [0.05, 0.1) is 0 Å². The van der Waals surface area contributed by atoms with E-state index in [1.807, 2.05) is 13.8 Å². The maximum Gasteiger partial charge on any atom is 0.306 e. The zero-order valence-corrected chi connectivity index (χ0v) is 10.5. The summed E-state index contributed by atoms with van der Waals surface area (Å²) in [5.41, 5.74) is 0. The van der Waals surface area contributed by atoms with E-state index in [0.717, 1.165) is 19.4 Å². The molecule has 0 heterocycles. The molecular weight excluding hydrogens is 190 g/mol. The Kier molecular flexibility index (Phi) is 8.38. The summed E-state index contributed by atoms with van der Waals surface area (Å²) >= 11 is 0. The Bertz CT molecular complexity index is 169. The topological polar surface area (TPSA) is 38.3 Å². The van der Waals surface area contributed by atoms with Crippen LogP contribution in [0.25, 0.3) is 0 Å². The fourth-order valence-corrected chi connectivity index (χ4v) is 1.26. The number of carbonyl (C=O) groups excluding carboxylic acids is 1. The van der Waals surface area contributed by atoms with Crippen molar-refractivity contribution in [3.63, 3.8) is 0 Å².